The zero-order valence-electron chi connectivity index (χ0n) is 15.4. The van der Waals surface area contributed by atoms with Gasteiger partial charge in [0.25, 0.3) is 11.6 Å². The topological polar surface area (TPSA) is 130 Å². The van der Waals surface area contributed by atoms with Crippen LogP contribution in [-0.2, 0) is 0 Å². The number of aromatic nitrogens is 2. The molecule has 3 aromatic rings. The number of hydrogen-bond acceptors (Lipinski definition) is 7. The molecule has 0 aliphatic carbocycles. The number of thioether (sulfide) groups is 1. The highest BCUT2D eigenvalue weighted by Crippen LogP contribution is 2.32. The van der Waals surface area contributed by atoms with E-state index in [1.807, 2.05) is 25.1 Å². The van der Waals surface area contributed by atoms with Gasteiger partial charge in [-0.1, -0.05) is 0 Å². The molecule has 0 saturated carbocycles. The van der Waals surface area contributed by atoms with Gasteiger partial charge in [-0.3, -0.25) is 20.0 Å². The summed E-state index contributed by atoms with van der Waals surface area (Å²) in [6, 6.07) is 8.06. The number of carbonyl (C=O) groups excluding carboxylic acids is 1. The molecule has 0 aliphatic rings. The van der Waals surface area contributed by atoms with Crippen LogP contribution in [0.1, 0.15) is 10.4 Å². The maximum atomic E-state index is 12.9. The second-order valence-corrected chi connectivity index (χ2v) is 7.58. The van der Waals surface area contributed by atoms with Crippen LogP contribution in [0.2, 0.25) is 0 Å². The lowest BCUT2D eigenvalue weighted by molar-refractivity contribution is -0.384. The Morgan fingerprint density at radius 3 is 2.86 bits per heavy atom. The van der Waals surface area contributed by atoms with Gasteiger partial charge >= 0.3 is 0 Å². The van der Waals surface area contributed by atoms with E-state index in [4.69, 9.17) is 5.73 Å². The second kappa shape index (κ2) is 8.28. The average Bonchev–Trinajstić information content (AvgIpc) is 3.08. The van der Waals surface area contributed by atoms with Crippen LogP contribution < -0.4 is 11.1 Å². The van der Waals surface area contributed by atoms with Crippen molar-refractivity contribution < 1.29 is 9.72 Å². The number of hydrogen-bond donors (Lipinski definition) is 3. The lowest BCUT2D eigenvalue weighted by Gasteiger charge is -2.13. The quantitative estimate of drug-likeness (QED) is 0.240. The first kappa shape index (κ1) is 19.6. The van der Waals surface area contributed by atoms with Gasteiger partial charge in [-0.05, 0) is 38.4 Å². The zero-order chi connectivity index (χ0) is 20.3. The van der Waals surface area contributed by atoms with Crippen LogP contribution in [0.15, 0.2) is 41.4 Å². The van der Waals surface area contributed by atoms with E-state index in [0.29, 0.717) is 16.3 Å². The highest BCUT2D eigenvalue weighted by Gasteiger charge is 2.21. The number of nitrogen functional groups attached to an aromatic ring is 1. The van der Waals surface area contributed by atoms with Crippen LogP contribution >= 0.6 is 11.8 Å². The molecule has 0 aliphatic heterocycles. The first-order valence-corrected chi connectivity index (χ1v) is 9.43. The van der Waals surface area contributed by atoms with E-state index in [1.54, 1.807) is 18.3 Å². The predicted octanol–water partition coefficient (Wildman–Crippen LogP) is 2.96. The van der Waals surface area contributed by atoms with Crippen LogP contribution in [0.25, 0.3) is 10.9 Å². The van der Waals surface area contributed by atoms with Gasteiger partial charge < -0.3 is 16.0 Å². The van der Waals surface area contributed by atoms with E-state index in [1.165, 1.54) is 23.9 Å². The van der Waals surface area contributed by atoms with Crippen LogP contribution in [-0.4, -0.2) is 52.3 Å². The summed E-state index contributed by atoms with van der Waals surface area (Å²) in [5.74, 6) is 0.277. The molecular weight excluding hydrogens is 380 g/mol. The Morgan fingerprint density at radius 1 is 1.36 bits per heavy atom. The van der Waals surface area contributed by atoms with Crippen molar-refractivity contribution in [3.05, 3.63) is 52.2 Å². The fourth-order valence-corrected chi connectivity index (χ4v) is 3.78. The number of benzene rings is 2. The molecule has 9 nitrogen and oxygen atoms in total. The van der Waals surface area contributed by atoms with Gasteiger partial charge in [0.15, 0.2) is 0 Å². The number of H-pyrrole nitrogens is 1. The third-order valence-electron chi connectivity index (χ3n) is 4.07. The third kappa shape index (κ3) is 4.41. The standard InChI is InChI=1S/C18H20N6O3S/c1-23(2)5-6-28-17-9-14(19)16(24(26)27)8-13(17)18(25)21-12-4-3-11-10-20-22-15(11)7-12/h3-4,7-10H,5-6,19H2,1-2H3,(H,20,22)(H,21,25). The highest BCUT2D eigenvalue weighted by atomic mass is 32.2. The van der Waals surface area contributed by atoms with Crippen LogP contribution in [0.4, 0.5) is 17.1 Å². The minimum atomic E-state index is -0.586. The molecule has 0 radical (unpaired) electrons. The number of nitro groups is 1. The van der Waals surface area contributed by atoms with Crippen LogP contribution in [0, 0.1) is 10.1 Å². The third-order valence-corrected chi connectivity index (χ3v) is 5.10. The zero-order valence-corrected chi connectivity index (χ0v) is 16.2. The molecule has 0 unspecified atom stereocenters. The first-order chi connectivity index (χ1) is 13.3. The Labute approximate surface area is 165 Å². The normalized spacial score (nSPS) is 11.1. The largest absolute Gasteiger partial charge is 0.393 e. The number of nitrogens with zero attached hydrogens (tertiary/aromatic N) is 3. The number of amides is 1. The summed E-state index contributed by atoms with van der Waals surface area (Å²) < 4.78 is 0. The summed E-state index contributed by atoms with van der Waals surface area (Å²) in [5.41, 5.74) is 7.12. The Bertz CT molecular complexity index is 1030. The van der Waals surface area contributed by atoms with E-state index < -0.39 is 10.8 Å². The van der Waals surface area contributed by atoms with Crippen molar-refractivity contribution in [3.8, 4) is 0 Å². The van der Waals surface area contributed by atoms with Crippen molar-refractivity contribution in [2.24, 2.45) is 0 Å². The van der Waals surface area contributed by atoms with Gasteiger partial charge in [0.2, 0.25) is 0 Å². The number of nitrogens with one attached hydrogen (secondary N) is 2. The molecular formula is C18H20N6O3S. The van der Waals surface area contributed by atoms with Gasteiger partial charge in [0.05, 0.1) is 22.2 Å². The van der Waals surface area contributed by atoms with Gasteiger partial charge in [0.1, 0.15) is 5.69 Å². The monoisotopic (exact) mass is 400 g/mol. The van der Waals surface area contributed by atoms with E-state index in [0.717, 1.165) is 17.4 Å². The first-order valence-electron chi connectivity index (χ1n) is 8.45. The number of carbonyl (C=O) groups is 1. The maximum absolute atomic E-state index is 12.9. The molecule has 28 heavy (non-hydrogen) atoms. The minimum Gasteiger partial charge on any atom is -0.393 e. The van der Waals surface area contributed by atoms with Crippen molar-refractivity contribution in [3.63, 3.8) is 0 Å². The number of anilines is 2. The van der Waals surface area contributed by atoms with E-state index in [2.05, 4.69) is 15.5 Å². The van der Waals surface area contributed by atoms with Crippen molar-refractivity contribution in [1.82, 2.24) is 15.1 Å². The minimum absolute atomic E-state index is 0.0350. The highest BCUT2D eigenvalue weighted by molar-refractivity contribution is 7.99. The molecule has 0 saturated heterocycles. The summed E-state index contributed by atoms with van der Waals surface area (Å²) in [4.78, 5) is 26.2. The molecule has 0 spiro atoms. The van der Waals surface area contributed by atoms with Crippen molar-refractivity contribution in [2.45, 2.75) is 4.90 Å². The average molecular weight is 400 g/mol. The molecule has 146 valence electrons. The smallest absolute Gasteiger partial charge is 0.292 e. The Kier molecular flexibility index (Phi) is 5.81. The fraction of sp³-hybridized carbons (Fsp3) is 0.222. The number of rotatable bonds is 7. The summed E-state index contributed by atoms with van der Waals surface area (Å²) in [5, 5.41) is 21.8. The second-order valence-electron chi connectivity index (χ2n) is 6.44. The Morgan fingerprint density at radius 2 is 2.14 bits per heavy atom. The Hall–Kier alpha value is -3.11. The van der Waals surface area contributed by atoms with Crippen molar-refractivity contribution in [1.29, 1.82) is 0 Å². The predicted molar refractivity (Wildman–Crippen MR) is 111 cm³/mol. The van der Waals surface area contributed by atoms with Gasteiger partial charge in [0, 0.05) is 34.3 Å². The number of nitro benzene ring substituents is 1. The van der Waals surface area contributed by atoms with Crippen molar-refractivity contribution in [2.75, 3.05) is 37.4 Å². The van der Waals surface area contributed by atoms with E-state index in [-0.39, 0.29) is 16.9 Å². The lowest BCUT2D eigenvalue weighted by atomic mass is 10.1. The van der Waals surface area contributed by atoms with Crippen LogP contribution in [0.3, 0.4) is 0 Å². The molecule has 10 heteroatoms. The number of fused-ring (bicyclic) bond motifs is 1. The van der Waals surface area contributed by atoms with E-state index >= 15 is 0 Å². The van der Waals surface area contributed by atoms with Crippen molar-refractivity contribution >= 4 is 45.6 Å². The molecule has 0 bridgehead atoms. The maximum Gasteiger partial charge on any atom is 0.292 e. The van der Waals surface area contributed by atoms with Gasteiger partial charge in [-0.15, -0.1) is 11.8 Å². The molecule has 1 aromatic heterocycles. The van der Waals surface area contributed by atoms with Crippen LogP contribution in [0.5, 0.6) is 0 Å². The summed E-state index contributed by atoms with van der Waals surface area (Å²) in [6.45, 7) is 0.791. The number of aromatic amines is 1. The van der Waals surface area contributed by atoms with Gasteiger partial charge in [-0.2, -0.15) is 5.10 Å². The molecule has 0 atom stereocenters. The van der Waals surface area contributed by atoms with Gasteiger partial charge in [-0.25, -0.2) is 0 Å². The Balaban J connectivity index is 1.90. The summed E-state index contributed by atoms with van der Waals surface area (Å²) >= 11 is 1.43. The summed E-state index contributed by atoms with van der Waals surface area (Å²) in [7, 11) is 3.90. The molecule has 1 heterocycles. The number of nitrogens with two attached hydrogens (primary N) is 1. The molecule has 3 rings (SSSR count). The SMILES string of the molecule is CN(C)CCSc1cc(N)c([N+](=O)[O-])cc1C(=O)Nc1ccc2cn[nH]c2c1. The van der Waals surface area contributed by atoms with E-state index in [9.17, 15) is 14.9 Å². The molecule has 1 amide bonds. The molecule has 2 aromatic carbocycles. The fourth-order valence-electron chi connectivity index (χ4n) is 2.59. The summed E-state index contributed by atoms with van der Waals surface area (Å²) in [6.07, 6.45) is 1.68. The molecule has 0 fully saturated rings. The molecule has 4 N–H and O–H groups in total. The lowest BCUT2D eigenvalue weighted by Crippen LogP contribution is -2.16.